The summed E-state index contributed by atoms with van der Waals surface area (Å²) >= 11 is 3.97. The maximum absolute atomic E-state index is 4.06. The minimum absolute atomic E-state index is 1.03. The number of hydrogen-bond acceptors (Lipinski definition) is 2. The van der Waals surface area contributed by atoms with E-state index in [1.807, 2.05) is 25.1 Å². The van der Waals surface area contributed by atoms with Crippen molar-refractivity contribution in [3.05, 3.63) is 35.0 Å². The monoisotopic (exact) mass is 151 g/mol. The molecule has 10 heavy (non-hydrogen) atoms. The third-order valence-electron chi connectivity index (χ3n) is 1.19. The second-order valence-corrected chi connectivity index (χ2v) is 2.34. The van der Waals surface area contributed by atoms with Crippen molar-refractivity contribution >= 4 is 18.7 Å². The van der Waals surface area contributed by atoms with E-state index in [9.17, 15) is 0 Å². The van der Waals surface area contributed by atoms with Gasteiger partial charge in [0.1, 0.15) is 0 Å². The number of pyridine rings is 1. The van der Waals surface area contributed by atoms with Crippen molar-refractivity contribution in [2.24, 2.45) is 0 Å². The van der Waals surface area contributed by atoms with Crippen LogP contribution in [0.15, 0.2) is 23.7 Å². The molecule has 0 radical (unpaired) electrons. The van der Waals surface area contributed by atoms with Gasteiger partial charge in [0.05, 0.1) is 0 Å². The molecule has 2 heteroatoms. The van der Waals surface area contributed by atoms with Crippen LogP contribution >= 0.6 is 12.6 Å². The zero-order valence-electron chi connectivity index (χ0n) is 5.78. The third kappa shape index (κ3) is 1.88. The quantitative estimate of drug-likeness (QED) is 0.608. The van der Waals surface area contributed by atoms with Crippen molar-refractivity contribution in [1.29, 1.82) is 0 Å². The van der Waals surface area contributed by atoms with E-state index < -0.39 is 0 Å². The average Bonchev–Trinajstić information content (AvgIpc) is 1.88. The van der Waals surface area contributed by atoms with E-state index >= 15 is 0 Å². The van der Waals surface area contributed by atoms with Gasteiger partial charge in [0.15, 0.2) is 0 Å². The molecule has 0 amide bonds. The molecule has 1 aromatic rings. The van der Waals surface area contributed by atoms with Gasteiger partial charge in [0.2, 0.25) is 0 Å². The van der Waals surface area contributed by atoms with Crippen LogP contribution in [0.1, 0.15) is 11.3 Å². The molecule has 1 rings (SSSR count). The lowest BCUT2D eigenvalue weighted by Crippen LogP contribution is -1.79. The SMILES string of the molecule is Cc1cc(/C=C\S)ccn1. The zero-order chi connectivity index (χ0) is 7.40. The minimum atomic E-state index is 1.03. The van der Waals surface area contributed by atoms with Gasteiger partial charge in [-0.1, -0.05) is 0 Å². The first-order valence-corrected chi connectivity index (χ1v) is 3.58. The molecule has 1 nitrogen and oxygen atoms in total. The average molecular weight is 151 g/mol. The van der Waals surface area contributed by atoms with Crippen molar-refractivity contribution in [2.45, 2.75) is 6.92 Å². The minimum Gasteiger partial charge on any atom is -0.262 e. The van der Waals surface area contributed by atoms with Gasteiger partial charge in [0.25, 0.3) is 0 Å². The van der Waals surface area contributed by atoms with Gasteiger partial charge in [-0.2, -0.15) is 12.6 Å². The predicted molar refractivity (Wildman–Crippen MR) is 47.0 cm³/mol. The van der Waals surface area contributed by atoms with Crippen LogP contribution in [-0.4, -0.2) is 4.98 Å². The van der Waals surface area contributed by atoms with Crippen molar-refractivity contribution in [3.8, 4) is 0 Å². The highest BCUT2D eigenvalue weighted by atomic mass is 32.1. The molecular formula is C8H9NS. The van der Waals surface area contributed by atoms with Crippen LogP contribution in [0.25, 0.3) is 6.08 Å². The Morgan fingerprint density at radius 2 is 2.40 bits per heavy atom. The van der Waals surface area contributed by atoms with Crippen LogP contribution in [-0.2, 0) is 0 Å². The van der Waals surface area contributed by atoms with Gasteiger partial charge in [-0.15, -0.1) is 0 Å². The van der Waals surface area contributed by atoms with Crippen molar-refractivity contribution in [3.63, 3.8) is 0 Å². The largest absolute Gasteiger partial charge is 0.262 e. The molecule has 0 aliphatic rings. The molecule has 0 spiro atoms. The van der Waals surface area contributed by atoms with E-state index in [0.29, 0.717) is 0 Å². The smallest absolute Gasteiger partial charge is 0.0378 e. The number of aryl methyl sites for hydroxylation is 1. The highest BCUT2D eigenvalue weighted by molar-refractivity contribution is 7.83. The van der Waals surface area contributed by atoms with E-state index in [-0.39, 0.29) is 0 Å². The van der Waals surface area contributed by atoms with E-state index in [2.05, 4.69) is 17.6 Å². The van der Waals surface area contributed by atoms with Crippen LogP contribution in [0.4, 0.5) is 0 Å². The lowest BCUT2D eigenvalue weighted by molar-refractivity contribution is 1.20. The first-order valence-electron chi connectivity index (χ1n) is 3.06. The summed E-state index contributed by atoms with van der Waals surface area (Å²) in [7, 11) is 0. The van der Waals surface area contributed by atoms with Gasteiger partial charge in [0, 0.05) is 11.9 Å². The Kier molecular flexibility index (Phi) is 2.51. The molecule has 52 valence electrons. The molecule has 0 aromatic carbocycles. The van der Waals surface area contributed by atoms with Gasteiger partial charge >= 0.3 is 0 Å². The van der Waals surface area contributed by atoms with Crippen LogP contribution < -0.4 is 0 Å². The second kappa shape index (κ2) is 3.42. The number of rotatable bonds is 1. The summed E-state index contributed by atoms with van der Waals surface area (Å²) in [5, 5.41) is 1.72. The fourth-order valence-corrected chi connectivity index (χ4v) is 0.929. The van der Waals surface area contributed by atoms with Crippen LogP contribution in [0.3, 0.4) is 0 Å². The Morgan fingerprint density at radius 3 is 3.00 bits per heavy atom. The highest BCUT2D eigenvalue weighted by Crippen LogP contribution is 2.02. The topological polar surface area (TPSA) is 12.9 Å². The summed E-state index contributed by atoms with van der Waals surface area (Å²) in [5.41, 5.74) is 2.17. The van der Waals surface area contributed by atoms with Crippen LogP contribution in [0, 0.1) is 6.92 Å². The molecule has 0 atom stereocenters. The summed E-state index contributed by atoms with van der Waals surface area (Å²) in [6.45, 7) is 1.97. The molecular weight excluding hydrogens is 142 g/mol. The first kappa shape index (κ1) is 7.35. The summed E-state index contributed by atoms with van der Waals surface area (Å²) in [6.07, 6.45) is 3.72. The fraction of sp³-hybridized carbons (Fsp3) is 0.125. The summed E-state index contributed by atoms with van der Waals surface area (Å²) < 4.78 is 0. The molecule has 0 aliphatic carbocycles. The lowest BCUT2D eigenvalue weighted by atomic mass is 10.2. The molecule has 0 unspecified atom stereocenters. The zero-order valence-corrected chi connectivity index (χ0v) is 6.68. The van der Waals surface area contributed by atoms with Gasteiger partial charge in [-0.3, -0.25) is 4.98 Å². The number of aromatic nitrogens is 1. The van der Waals surface area contributed by atoms with E-state index in [1.54, 1.807) is 11.6 Å². The highest BCUT2D eigenvalue weighted by Gasteiger charge is 1.85. The predicted octanol–water partition coefficient (Wildman–Crippen LogP) is 2.29. The maximum atomic E-state index is 4.06. The van der Waals surface area contributed by atoms with Gasteiger partial charge < -0.3 is 0 Å². The standard InChI is InChI=1S/C8H9NS/c1-7-6-8(3-5-10)2-4-9-7/h2-6,10H,1H3/b5-3-. The lowest BCUT2D eigenvalue weighted by Gasteiger charge is -1.92. The molecule has 0 aliphatic heterocycles. The Morgan fingerprint density at radius 1 is 1.60 bits per heavy atom. The van der Waals surface area contributed by atoms with Crippen LogP contribution in [0.5, 0.6) is 0 Å². The molecule has 0 saturated heterocycles. The molecule has 0 fully saturated rings. The van der Waals surface area contributed by atoms with Gasteiger partial charge in [-0.05, 0) is 36.1 Å². The Bertz CT molecular complexity index is 243. The van der Waals surface area contributed by atoms with E-state index in [0.717, 1.165) is 11.3 Å². The maximum Gasteiger partial charge on any atom is 0.0378 e. The number of nitrogens with zero attached hydrogens (tertiary/aromatic N) is 1. The molecule has 0 saturated carbocycles. The summed E-state index contributed by atoms with van der Waals surface area (Å²) in [6, 6.07) is 3.95. The van der Waals surface area contributed by atoms with Crippen molar-refractivity contribution < 1.29 is 0 Å². The number of thiol groups is 1. The normalized spacial score (nSPS) is 10.6. The number of hydrogen-bond donors (Lipinski definition) is 1. The first-order chi connectivity index (χ1) is 4.83. The van der Waals surface area contributed by atoms with Crippen molar-refractivity contribution in [1.82, 2.24) is 4.98 Å². The molecule has 1 aromatic heterocycles. The van der Waals surface area contributed by atoms with Crippen LogP contribution in [0.2, 0.25) is 0 Å². The summed E-state index contributed by atoms with van der Waals surface area (Å²) in [5.74, 6) is 0. The summed E-state index contributed by atoms with van der Waals surface area (Å²) in [4.78, 5) is 4.06. The molecule has 0 N–H and O–H groups in total. The third-order valence-corrected chi connectivity index (χ3v) is 1.34. The fourth-order valence-electron chi connectivity index (χ4n) is 0.757. The molecule has 0 bridgehead atoms. The molecule has 1 heterocycles. The van der Waals surface area contributed by atoms with E-state index in [1.165, 1.54) is 0 Å². The van der Waals surface area contributed by atoms with Crippen molar-refractivity contribution in [2.75, 3.05) is 0 Å². The Balaban J connectivity index is 2.95. The van der Waals surface area contributed by atoms with E-state index in [4.69, 9.17) is 0 Å². The van der Waals surface area contributed by atoms with Gasteiger partial charge in [-0.25, -0.2) is 0 Å². The second-order valence-electron chi connectivity index (χ2n) is 2.05. The Labute approximate surface area is 66.2 Å². The Hall–Kier alpha value is -0.760.